The van der Waals surface area contributed by atoms with Crippen LogP contribution in [0.2, 0.25) is 5.02 Å². The number of hydrogen-bond donors (Lipinski definition) is 1. The second-order valence-electron chi connectivity index (χ2n) is 7.95. The lowest BCUT2D eigenvalue weighted by Crippen LogP contribution is -2.50. The quantitative estimate of drug-likeness (QED) is 0.781. The largest absolute Gasteiger partial charge is 0.354 e. The van der Waals surface area contributed by atoms with Crippen LogP contribution >= 0.6 is 11.6 Å². The molecule has 1 aliphatic heterocycles. The molecule has 1 fully saturated rings. The van der Waals surface area contributed by atoms with Gasteiger partial charge in [0, 0.05) is 48.9 Å². The first-order chi connectivity index (χ1) is 13.8. The topological polar surface area (TPSA) is 61.4 Å². The number of halogens is 1. The highest BCUT2D eigenvalue weighted by Gasteiger charge is 2.22. The number of carbonyl (C=O) groups is 1. The van der Waals surface area contributed by atoms with Gasteiger partial charge in [-0.2, -0.15) is 0 Å². The molecule has 6 nitrogen and oxygen atoms in total. The van der Waals surface area contributed by atoms with E-state index < -0.39 is 0 Å². The molecule has 0 spiro atoms. The normalized spacial score (nSPS) is 16.1. The Hall–Kier alpha value is -2.18. The minimum Gasteiger partial charge on any atom is -0.354 e. The number of rotatable bonds is 6. The first-order valence-corrected chi connectivity index (χ1v) is 10.6. The third-order valence-electron chi connectivity index (χ3n) is 5.19. The molecule has 0 bridgehead atoms. The summed E-state index contributed by atoms with van der Waals surface area (Å²) in [5, 5.41) is 3.73. The van der Waals surface area contributed by atoms with Gasteiger partial charge in [0.2, 0.25) is 5.91 Å². The molecule has 1 saturated heterocycles. The van der Waals surface area contributed by atoms with Crippen molar-refractivity contribution >= 4 is 23.3 Å². The molecule has 0 saturated carbocycles. The Bertz CT molecular complexity index is 849. The van der Waals surface area contributed by atoms with Crippen molar-refractivity contribution in [3.63, 3.8) is 0 Å². The highest BCUT2D eigenvalue weighted by atomic mass is 35.5. The van der Waals surface area contributed by atoms with E-state index >= 15 is 0 Å². The van der Waals surface area contributed by atoms with Gasteiger partial charge in [-0.1, -0.05) is 43.6 Å². The van der Waals surface area contributed by atoms with Gasteiger partial charge in [0.1, 0.15) is 11.6 Å². The molecule has 7 heteroatoms. The zero-order valence-corrected chi connectivity index (χ0v) is 18.4. The van der Waals surface area contributed by atoms with Gasteiger partial charge < -0.3 is 10.2 Å². The number of carbonyl (C=O) groups excluding carboxylic acids is 1. The van der Waals surface area contributed by atoms with Gasteiger partial charge >= 0.3 is 0 Å². The molecule has 1 aromatic carbocycles. The fraction of sp³-hybridized carbons (Fsp3) is 0.500. The Labute approximate surface area is 178 Å². The van der Waals surface area contributed by atoms with Crippen LogP contribution in [-0.2, 0) is 4.79 Å². The summed E-state index contributed by atoms with van der Waals surface area (Å²) in [7, 11) is 0. The Morgan fingerprint density at radius 2 is 1.83 bits per heavy atom. The molecule has 1 aliphatic rings. The standard InChI is InChI=1S/C22H30ClN5O/c1-15(2)22-24-16(3)13-20(26-22)28-11-9-27(10-12-28)14-21(29)25-17(4)18-7-5-6-8-19(18)23/h5-8,13,15,17H,9-12,14H2,1-4H3,(H,25,29). The summed E-state index contributed by atoms with van der Waals surface area (Å²) < 4.78 is 0. The number of piperazine rings is 1. The smallest absolute Gasteiger partial charge is 0.234 e. The lowest BCUT2D eigenvalue weighted by atomic mass is 10.1. The Morgan fingerprint density at radius 1 is 1.14 bits per heavy atom. The van der Waals surface area contributed by atoms with E-state index in [0.29, 0.717) is 17.5 Å². The van der Waals surface area contributed by atoms with Crippen molar-refractivity contribution < 1.29 is 4.79 Å². The third kappa shape index (κ3) is 5.67. The molecule has 1 atom stereocenters. The average molecular weight is 416 g/mol. The Kier molecular flexibility index (Phi) is 7.09. The van der Waals surface area contributed by atoms with E-state index in [1.165, 1.54) is 0 Å². The number of anilines is 1. The maximum Gasteiger partial charge on any atom is 0.234 e. The van der Waals surface area contributed by atoms with Gasteiger partial charge in [-0.05, 0) is 25.5 Å². The molecular formula is C22H30ClN5O. The molecule has 0 radical (unpaired) electrons. The van der Waals surface area contributed by atoms with E-state index in [1.54, 1.807) is 0 Å². The van der Waals surface area contributed by atoms with Crippen molar-refractivity contribution in [1.29, 1.82) is 0 Å². The van der Waals surface area contributed by atoms with E-state index in [9.17, 15) is 4.79 Å². The average Bonchev–Trinajstić information content (AvgIpc) is 2.68. The van der Waals surface area contributed by atoms with Crippen LogP contribution in [0, 0.1) is 6.92 Å². The minimum atomic E-state index is -0.115. The number of nitrogens with zero attached hydrogens (tertiary/aromatic N) is 4. The number of hydrogen-bond acceptors (Lipinski definition) is 5. The molecule has 1 N–H and O–H groups in total. The molecule has 3 rings (SSSR count). The summed E-state index contributed by atoms with van der Waals surface area (Å²) in [6.45, 7) is 11.9. The van der Waals surface area contributed by atoms with Crippen molar-refractivity contribution in [2.24, 2.45) is 0 Å². The van der Waals surface area contributed by atoms with Crippen LogP contribution in [0.1, 0.15) is 49.8 Å². The minimum absolute atomic E-state index is 0.0193. The van der Waals surface area contributed by atoms with Crippen LogP contribution in [0.3, 0.4) is 0 Å². The first-order valence-electron chi connectivity index (χ1n) is 10.2. The van der Waals surface area contributed by atoms with E-state index in [1.807, 2.05) is 44.2 Å². The molecule has 2 aromatic rings. The lowest BCUT2D eigenvalue weighted by molar-refractivity contribution is -0.123. The fourth-order valence-electron chi connectivity index (χ4n) is 3.52. The van der Waals surface area contributed by atoms with Crippen molar-refractivity contribution in [3.8, 4) is 0 Å². The molecule has 2 heterocycles. The summed E-state index contributed by atoms with van der Waals surface area (Å²) in [5.41, 5.74) is 1.93. The molecular weight excluding hydrogens is 386 g/mol. The molecule has 0 aliphatic carbocycles. The van der Waals surface area contributed by atoms with Crippen LogP contribution in [-0.4, -0.2) is 53.5 Å². The molecule has 1 unspecified atom stereocenters. The Morgan fingerprint density at radius 3 is 2.48 bits per heavy atom. The van der Waals surface area contributed by atoms with Crippen LogP contribution in [0.25, 0.3) is 0 Å². The van der Waals surface area contributed by atoms with E-state index in [2.05, 4.69) is 33.9 Å². The van der Waals surface area contributed by atoms with Crippen LogP contribution < -0.4 is 10.2 Å². The summed E-state index contributed by atoms with van der Waals surface area (Å²) in [4.78, 5) is 26.2. The predicted molar refractivity (Wildman–Crippen MR) is 118 cm³/mol. The summed E-state index contributed by atoms with van der Waals surface area (Å²) >= 11 is 6.23. The molecule has 156 valence electrons. The molecule has 29 heavy (non-hydrogen) atoms. The number of benzene rings is 1. The molecule has 1 aromatic heterocycles. The van der Waals surface area contributed by atoms with Crippen LogP contribution in [0.4, 0.5) is 5.82 Å². The monoisotopic (exact) mass is 415 g/mol. The van der Waals surface area contributed by atoms with E-state index in [-0.39, 0.29) is 11.9 Å². The summed E-state index contributed by atoms with van der Waals surface area (Å²) in [6.07, 6.45) is 0. The predicted octanol–water partition coefficient (Wildman–Crippen LogP) is 3.56. The molecule has 1 amide bonds. The number of nitrogens with one attached hydrogen (secondary N) is 1. The summed E-state index contributed by atoms with van der Waals surface area (Å²) in [6, 6.07) is 9.54. The zero-order valence-electron chi connectivity index (χ0n) is 17.7. The second kappa shape index (κ2) is 9.55. The van der Waals surface area contributed by atoms with Crippen molar-refractivity contribution in [2.75, 3.05) is 37.6 Å². The maximum atomic E-state index is 12.5. The van der Waals surface area contributed by atoms with E-state index in [0.717, 1.165) is 49.1 Å². The third-order valence-corrected chi connectivity index (χ3v) is 5.53. The van der Waals surface area contributed by atoms with Crippen molar-refractivity contribution in [1.82, 2.24) is 20.2 Å². The van der Waals surface area contributed by atoms with Crippen LogP contribution in [0.15, 0.2) is 30.3 Å². The maximum absolute atomic E-state index is 12.5. The van der Waals surface area contributed by atoms with Gasteiger partial charge in [-0.15, -0.1) is 0 Å². The number of amides is 1. The fourth-order valence-corrected chi connectivity index (χ4v) is 3.82. The van der Waals surface area contributed by atoms with Gasteiger partial charge in [-0.25, -0.2) is 9.97 Å². The zero-order chi connectivity index (χ0) is 21.0. The summed E-state index contributed by atoms with van der Waals surface area (Å²) in [5.74, 6) is 2.19. The van der Waals surface area contributed by atoms with Crippen molar-refractivity contribution in [3.05, 3.63) is 52.4 Å². The SMILES string of the molecule is Cc1cc(N2CCN(CC(=O)NC(C)c3ccccc3Cl)CC2)nc(C(C)C)n1. The number of aromatic nitrogens is 2. The van der Waals surface area contributed by atoms with Crippen molar-refractivity contribution in [2.45, 2.75) is 39.7 Å². The first kappa shape index (κ1) is 21.5. The van der Waals surface area contributed by atoms with Crippen LogP contribution in [0.5, 0.6) is 0 Å². The highest BCUT2D eigenvalue weighted by molar-refractivity contribution is 6.31. The highest BCUT2D eigenvalue weighted by Crippen LogP contribution is 2.22. The lowest BCUT2D eigenvalue weighted by Gasteiger charge is -2.35. The van der Waals surface area contributed by atoms with Gasteiger partial charge in [0.05, 0.1) is 12.6 Å². The van der Waals surface area contributed by atoms with Gasteiger partial charge in [0.15, 0.2) is 0 Å². The Balaban J connectivity index is 1.52. The van der Waals surface area contributed by atoms with E-state index in [4.69, 9.17) is 16.6 Å². The van der Waals surface area contributed by atoms with Gasteiger partial charge in [-0.3, -0.25) is 9.69 Å². The number of aryl methyl sites for hydroxylation is 1. The van der Waals surface area contributed by atoms with Gasteiger partial charge in [0.25, 0.3) is 0 Å². The second-order valence-corrected chi connectivity index (χ2v) is 8.36.